The van der Waals surface area contributed by atoms with Gasteiger partial charge in [0.25, 0.3) is 0 Å². The lowest BCUT2D eigenvalue weighted by Gasteiger charge is -2.04. The maximum absolute atomic E-state index is 11.2. The summed E-state index contributed by atoms with van der Waals surface area (Å²) >= 11 is 1.47. The first-order valence-electron chi connectivity index (χ1n) is 4.47. The molecule has 1 N–H and O–H groups in total. The van der Waals surface area contributed by atoms with Crippen LogP contribution in [0.2, 0.25) is 0 Å². The number of rotatable bonds is 3. The number of aromatic nitrogens is 2. The van der Waals surface area contributed by atoms with Crippen molar-refractivity contribution in [1.29, 1.82) is 0 Å². The fourth-order valence-corrected chi connectivity index (χ4v) is 1.84. The molecule has 0 unspecified atom stereocenters. The Bertz CT molecular complexity index is 560. The van der Waals surface area contributed by atoms with E-state index in [1.54, 1.807) is 16.3 Å². The Hall–Kier alpha value is -1.95. The largest absolute Gasteiger partial charge is 0.477 e. The molecule has 0 radical (unpaired) electrons. The molecule has 0 saturated carbocycles. The van der Waals surface area contributed by atoms with E-state index >= 15 is 0 Å². The minimum atomic E-state index is -1.21. The van der Waals surface area contributed by atoms with E-state index in [9.17, 15) is 9.59 Å². The lowest BCUT2D eigenvalue weighted by Crippen LogP contribution is -2.16. The van der Waals surface area contributed by atoms with Gasteiger partial charge in [-0.15, -0.1) is 11.3 Å². The zero-order valence-corrected chi connectivity index (χ0v) is 8.98. The maximum Gasteiger partial charge on any atom is 0.341 e. The predicted octanol–water partition coefficient (Wildman–Crippen LogP) is 1.05. The number of aromatic carboxylic acids is 1. The average molecular weight is 236 g/mol. The van der Waals surface area contributed by atoms with Crippen molar-refractivity contribution in [2.24, 2.45) is 0 Å². The maximum atomic E-state index is 11.2. The summed E-state index contributed by atoms with van der Waals surface area (Å²) in [5, 5.41) is 10.7. The Labute approximate surface area is 94.6 Å². The van der Waals surface area contributed by atoms with Crippen LogP contribution in [-0.2, 0) is 6.54 Å². The van der Waals surface area contributed by atoms with E-state index in [4.69, 9.17) is 5.11 Å². The van der Waals surface area contributed by atoms with Gasteiger partial charge in [-0.05, 0) is 0 Å². The highest BCUT2D eigenvalue weighted by atomic mass is 32.1. The van der Waals surface area contributed by atoms with Gasteiger partial charge in [-0.2, -0.15) is 0 Å². The summed E-state index contributed by atoms with van der Waals surface area (Å²) in [6.07, 6.45) is 2.87. The molecule has 0 saturated heterocycles. The van der Waals surface area contributed by atoms with Gasteiger partial charge in [0.2, 0.25) is 0 Å². The summed E-state index contributed by atoms with van der Waals surface area (Å²) in [6, 6.07) is 1.25. The number of carboxylic acids is 1. The molecule has 0 aromatic carbocycles. The minimum absolute atomic E-state index is 0.224. The molecule has 2 heterocycles. The van der Waals surface area contributed by atoms with Crippen molar-refractivity contribution in [3.8, 4) is 0 Å². The molecule has 0 amide bonds. The van der Waals surface area contributed by atoms with Crippen LogP contribution in [0, 0.1) is 0 Å². The number of carbonyl (C=O) groups is 1. The second-order valence-corrected chi connectivity index (χ2v) is 3.90. The van der Waals surface area contributed by atoms with Crippen molar-refractivity contribution in [2.45, 2.75) is 6.54 Å². The Morgan fingerprint density at radius 1 is 1.56 bits per heavy atom. The highest BCUT2D eigenvalue weighted by Crippen LogP contribution is 2.03. The molecule has 6 heteroatoms. The number of nitrogens with zero attached hydrogens (tertiary/aromatic N) is 2. The second kappa shape index (κ2) is 4.28. The van der Waals surface area contributed by atoms with Crippen molar-refractivity contribution >= 4 is 17.3 Å². The fourth-order valence-electron chi connectivity index (χ4n) is 1.29. The van der Waals surface area contributed by atoms with Gasteiger partial charge in [-0.25, -0.2) is 9.78 Å². The summed E-state index contributed by atoms with van der Waals surface area (Å²) in [6.45, 7) is 0.462. The zero-order valence-electron chi connectivity index (χ0n) is 8.16. The topological polar surface area (TPSA) is 72.2 Å². The van der Waals surface area contributed by atoms with E-state index < -0.39 is 11.4 Å². The van der Waals surface area contributed by atoms with Crippen LogP contribution in [0.1, 0.15) is 16.1 Å². The third-order valence-electron chi connectivity index (χ3n) is 2.04. The average Bonchev–Trinajstić information content (AvgIpc) is 2.73. The van der Waals surface area contributed by atoms with Crippen molar-refractivity contribution in [1.82, 2.24) is 9.55 Å². The summed E-state index contributed by atoms with van der Waals surface area (Å²) in [7, 11) is 0. The third-order valence-corrected chi connectivity index (χ3v) is 2.67. The zero-order chi connectivity index (χ0) is 11.5. The number of carboxylic acid groups (broad SMARTS) is 1. The van der Waals surface area contributed by atoms with E-state index in [0.29, 0.717) is 6.54 Å². The number of thiazole rings is 1. The molecule has 2 rings (SSSR count). The first-order valence-corrected chi connectivity index (χ1v) is 5.41. The van der Waals surface area contributed by atoms with Crippen molar-refractivity contribution in [3.05, 3.63) is 50.8 Å². The first-order chi connectivity index (χ1) is 7.66. The Kier molecular flexibility index (Phi) is 2.82. The van der Waals surface area contributed by atoms with E-state index in [-0.39, 0.29) is 5.56 Å². The molecular weight excluding hydrogens is 228 g/mol. The van der Waals surface area contributed by atoms with Gasteiger partial charge < -0.3 is 9.67 Å². The molecule has 2 aromatic rings. The summed E-state index contributed by atoms with van der Waals surface area (Å²) < 4.78 is 1.62. The molecule has 2 aromatic heterocycles. The lowest BCUT2D eigenvalue weighted by atomic mass is 10.2. The minimum Gasteiger partial charge on any atom is -0.477 e. The van der Waals surface area contributed by atoms with Crippen LogP contribution < -0.4 is 5.43 Å². The van der Waals surface area contributed by atoms with E-state index in [1.165, 1.54) is 23.6 Å². The molecule has 0 bridgehead atoms. The predicted molar refractivity (Wildman–Crippen MR) is 58.9 cm³/mol. The third kappa shape index (κ3) is 2.17. The lowest BCUT2D eigenvalue weighted by molar-refractivity contribution is 0.0694. The smallest absolute Gasteiger partial charge is 0.341 e. The molecule has 0 aliphatic carbocycles. The van der Waals surface area contributed by atoms with Gasteiger partial charge in [0.1, 0.15) is 5.56 Å². The number of hydrogen-bond acceptors (Lipinski definition) is 4. The number of hydrogen-bond donors (Lipinski definition) is 1. The van der Waals surface area contributed by atoms with Crippen LogP contribution in [0.25, 0.3) is 0 Å². The SMILES string of the molecule is O=C(O)c1cn(Cc2cscn2)ccc1=O. The second-order valence-electron chi connectivity index (χ2n) is 3.18. The molecule has 16 heavy (non-hydrogen) atoms. The normalized spacial score (nSPS) is 10.2. The van der Waals surface area contributed by atoms with Crippen LogP contribution in [0.3, 0.4) is 0 Å². The molecule has 0 spiro atoms. The van der Waals surface area contributed by atoms with E-state index in [1.807, 2.05) is 5.38 Å². The molecule has 0 aliphatic rings. The van der Waals surface area contributed by atoms with Gasteiger partial charge in [0, 0.05) is 23.8 Å². The quantitative estimate of drug-likeness (QED) is 0.864. The van der Waals surface area contributed by atoms with Gasteiger partial charge >= 0.3 is 5.97 Å². The van der Waals surface area contributed by atoms with Gasteiger partial charge in [-0.3, -0.25) is 4.79 Å². The van der Waals surface area contributed by atoms with Crippen LogP contribution >= 0.6 is 11.3 Å². The van der Waals surface area contributed by atoms with Crippen LogP contribution in [0.15, 0.2) is 34.1 Å². The first kappa shape index (κ1) is 10.6. The van der Waals surface area contributed by atoms with Gasteiger partial charge in [-0.1, -0.05) is 0 Å². The van der Waals surface area contributed by atoms with Gasteiger partial charge in [0.15, 0.2) is 5.43 Å². The Balaban J connectivity index is 2.33. The molecular formula is C10H8N2O3S. The summed E-state index contributed by atoms with van der Waals surface area (Å²) in [5.74, 6) is -1.21. The van der Waals surface area contributed by atoms with E-state index in [2.05, 4.69) is 4.98 Å². The summed E-state index contributed by atoms with van der Waals surface area (Å²) in [5.41, 5.74) is 1.83. The van der Waals surface area contributed by atoms with Crippen LogP contribution in [0.4, 0.5) is 0 Å². The summed E-state index contributed by atoms with van der Waals surface area (Å²) in [4.78, 5) is 26.0. The molecule has 0 aliphatic heterocycles. The van der Waals surface area contributed by atoms with Gasteiger partial charge in [0.05, 0.1) is 17.7 Å². The van der Waals surface area contributed by atoms with Crippen molar-refractivity contribution in [2.75, 3.05) is 0 Å². The molecule has 0 fully saturated rings. The van der Waals surface area contributed by atoms with Crippen LogP contribution in [0.5, 0.6) is 0 Å². The van der Waals surface area contributed by atoms with Crippen LogP contribution in [-0.4, -0.2) is 20.6 Å². The monoisotopic (exact) mass is 236 g/mol. The fraction of sp³-hybridized carbons (Fsp3) is 0.100. The highest BCUT2D eigenvalue weighted by molar-refractivity contribution is 7.07. The highest BCUT2D eigenvalue weighted by Gasteiger charge is 2.08. The Morgan fingerprint density at radius 3 is 3.00 bits per heavy atom. The van der Waals surface area contributed by atoms with Crippen molar-refractivity contribution in [3.63, 3.8) is 0 Å². The molecule has 0 atom stereocenters. The Morgan fingerprint density at radius 2 is 2.38 bits per heavy atom. The molecule has 82 valence electrons. The van der Waals surface area contributed by atoms with Crippen molar-refractivity contribution < 1.29 is 9.90 Å². The van der Waals surface area contributed by atoms with E-state index in [0.717, 1.165) is 5.69 Å². The standard InChI is InChI=1S/C10H8N2O3S/c13-9-1-2-12(4-8(9)10(14)15)3-7-5-16-6-11-7/h1-2,4-6H,3H2,(H,14,15). The molecule has 5 nitrogen and oxygen atoms in total. The number of pyridine rings is 1.